The first-order valence-corrected chi connectivity index (χ1v) is 13.6. The number of ether oxygens (including phenoxy) is 1. The molecule has 35 heavy (non-hydrogen) atoms. The SMILES string of the molecule is CCCCC(CC)CN1C(=O)C(=Cc2c(C)c(C#N)c(=O)n(C)c2N2CC(C)OC(C)C2)SC1=S. The van der Waals surface area contributed by atoms with E-state index in [1.165, 1.54) is 16.3 Å². The second kappa shape index (κ2) is 11.7. The van der Waals surface area contributed by atoms with Crippen LogP contribution >= 0.6 is 24.0 Å². The summed E-state index contributed by atoms with van der Waals surface area (Å²) in [6.07, 6.45) is 6.14. The lowest BCUT2D eigenvalue weighted by atomic mass is 9.99. The number of nitriles is 1. The van der Waals surface area contributed by atoms with Crippen molar-refractivity contribution in [3.63, 3.8) is 0 Å². The van der Waals surface area contributed by atoms with E-state index in [2.05, 4.69) is 24.8 Å². The molecule has 2 aliphatic rings. The number of unbranched alkanes of at least 4 members (excludes halogenated alkanes) is 1. The normalized spacial score (nSPS) is 22.7. The van der Waals surface area contributed by atoms with Gasteiger partial charge in [0.05, 0.1) is 17.1 Å². The van der Waals surface area contributed by atoms with Crippen LogP contribution in [0.5, 0.6) is 0 Å². The number of thioether (sulfide) groups is 1. The number of aromatic nitrogens is 1. The van der Waals surface area contributed by atoms with Crippen molar-refractivity contribution in [3.05, 3.63) is 31.9 Å². The average Bonchev–Trinajstić information content (AvgIpc) is 3.07. The second-order valence-corrected chi connectivity index (χ2v) is 11.3. The van der Waals surface area contributed by atoms with Crippen LogP contribution in [0, 0.1) is 24.2 Å². The van der Waals surface area contributed by atoms with Crippen LogP contribution in [-0.2, 0) is 16.6 Å². The minimum atomic E-state index is -0.335. The molecular formula is C26H36N4O3S2. The summed E-state index contributed by atoms with van der Waals surface area (Å²) in [7, 11) is 1.69. The minimum Gasteiger partial charge on any atom is -0.372 e. The van der Waals surface area contributed by atoms with E-state index in [9.17, 15) is 14.9 Å². The molecule has 3 unspecified atom stereocenters. The van der Waals surface area contributed by atoms with Gasteiger partial charge in [-0.25, -0.2) is 0 Å². The van der Waals surface area contributed by atoms with Gasteiger partial charge in [0.1, 0.15) is 21.8 Å². The third-order valence-corrected chi connectivity index (χ3v) is 8.20. The Morgan fingerprint density at radius 1 is 1.26 bits per heavy atom. The van der Waals surface area contributed by atoms with Crippen molar-refractivity contribution in [3.8, 4) is 6.07 Å². The molecule has 1 aromatic heterocycles. The van der Waals surface area contributed by atoms with E-state index in [0.29, 0.717) is 51.7 Å². The van der Waals surface area contributed by atoms with Crippen LogP contribution in [-0.4, -0.2) is 51.5 Å². The molecule has 2 aliphatic heterocycles. The molecule has 0 aromatic carbocycles. The Morgan fingerprint density at radius 2 is 1.91 bits per heavy atom. The van der Waals surface area contributed by atoms with E-state index >= 15 is 0 Å². The molecule has 3 heterocycles. The Hall–Kier alpha value is -2.15. The molecule has 0 N–H and O–H groups in total. The molecule has 3 atom stereocenters. The van der Waals surface area contributed by atoms with Crippen LogP contribution in [0.3, 0.4) is 0 Å². The van der Waals surface area contributed by atoms with Crippen LogP contribution in [0.15, 0.2) is 9.70 Å². The van der Waals surface area contributed by atoms with E-state index < -0.39 is 0 Å². The molecule has 0 aliphatic carbocycles. The van der Waals surface area contributed by atoms with Gasteiger partial charge in [-0.1, -0.05) is 57.1 Å². The van der Waals surface area contributed by atoms with Gasteiger partial charge in [0.25, 0.3) is 11.5 Å². The molecular weight excluding hydrogens is 480 g/mol. The van der Waals surface area contributed by atoms with E-state index in [-0.39, 0.29) is 29.2 Å². The molecule has 3 rings (SSSR count). The van der Waals surface area contributed by atoms with Crippen LogP contribution < -0.4 is 10.5 Å². The average molecular weight is 517 g/mol. The Bertz CT molecular complexity index is 1110. The first-order valence-electron chi connectivity index (χ1n) is 12.4. The Labute approximate surface area is 218 Å². The molecule has 9 heteroatoms. The number of morpholine rings is 1. The lowest BCUT2D eigenvalue weighted by molar-refractivity contribution is -0.122. The Kier molecular flexibility index (Phi) is 9.19. The van der Waals surface area contributed by atoms with E-state index in [1.54, 1.807) is 18.9 Å². The Balaban J connectivity index is 2.06. The number of pyridine rings is 1. The predicted octanol–water partition coefficient (Wildman–Crippen LogP) is 4.60. The van der Waals surface area contributed by atoms with E-state index in [4.69, 9.17) is 17.0 Å². The number of amides is 1. The van der Waals surface area contributed by atoms with Gasteiger partial charge in [-0.3, -0.25) is 19.1 Å². The molecule has 0 saturated carbocycles. The summed E-state index contributed by atoms with van der Waals surface area (Å²) in [6.45, 7) is 12.0. The summed E-state index contributed by atoms with van der Waals surface area (Å²) in [6, 6.07) is 2.07. The highest BCUT2D eigenvalue weighted by Crippen LogP contribution is 2.37. The molecule has 2 saturated heterocycles. The largest absolute Gasteiger partial charge is 0.372 e. The molecule has 1 amide bonds. The summed E-state index contributed by atoms with van der Waals surface area (Å²) >= 11 is 6.90. The number of hydrogen-bond donors (Lipinski definition) is 0. The lowest BCUT2D eigenvalue weighted by Crippen LogP contribution is -2.47. The van der Waals surface area contributed by atoms with Crippen molar-refractivity contribution < 1.29 is 9.53 Å². The number of rotatable bonds is 8. The summed E-state index contributed by atoms with van der Waals surface area (Å²) in [5, 5.41) is 9.71. The van der Waals surface area contributed by atoms with Crippen molar-refractivity contribution in [2.75, 3.05) is 24.5 Å². The monoisotopic (exact) mass is 516 g/mol. The van der Waals surface area contributed by atoms with Gasteiger partial charge in [0.2, 0.25) is 0 Å². The van der Waals surface area contributed by atoms with Gasteiger partial charge in [-0.15, -0.1) is 0 Å². The molecule has 7 nitrogen and oxygen atoms in total. The highest BCUT2D eigenvalue weighted by molar-refractivity contribution is 8.26. The summed E-state index contributed by atoms with van der Waals surface area (Å²) in [5.74, 6) is 1.01. The fraction of sp³-hybridized carbons (Fsp3) is 0.615. The fourth-order valence-corrected chi connectivity index (χ4v) is 6.17. The number of nitrogens with zero attached hydrogens (tertiary/aromatic N) is 4. The highest BCUT2D eigenvalue weighted by Gasteiger charge is 2.35. The zero-order valence-corrected chi connectivity index (χ0v) is 23.2. The van der Waals surface area contributed by atoms with Crippen molar-refractivity contribution in [1.82, 2.24) is 9.47 Å². The maximum Gasteiger partial charge on any atom is 0.270 e. The number of carbonyl (C=O) groups is 1. The van der Waals surface area contributed by atoms with Gasteiger partial charge < -0.3 is 9.64 Å². The van der Waals surface area contributed by atoms with Gasteiger partial charge in [-0.2, -0.15) is 5.26 Å². The number of carbonyl (C=O) groups excluding carboxylic acids is 1. The minimum absolute atomic E-state index is 0.00930. The first-order chi connectivity index (χ1) is 16.6. The summed E-state index contributed by atoms with van der Waals surface area (Å²) < 4.78 is 7.99. The molecule has 1 aromatic rings. The van der Waals surface area contributed by atoms with Gasteiger partial charge in [0, 0.05) is 32.2 Å². The smallest absolute Gasteiger partial charge is 0.270 e. The zero-order valence-electron chi connectivity index (χ0n) is 21.6. The third-order valence-electron chi connectivity index (χ3n) is 6.82. The number of thiocarbonyl (C=S) groups is 1. The van der Waals surface area contributed by atoms with Crippen LogP contribution in [0.25, 0.3) is 6.08 Å². The van der Waals surface area contributed by atoms with E-state index in [0.717, 1.165) is 25.7 Å². The van der Waals surface area contributed by atoms with Gasteiger partial charge in [0.15, 0.2) is 0 Å². The maximum atomic E-state index is 13.4. The predicted molar refractivity (Wildman–Crippen MR) is 147 cm³/mol. The topological polar surface area (TPSA) is 78.6 Å². The van der Waals surface area contributed by atoms with Gasteiger partial charge >= 0.3 is 0 Å². The van der Waals surface area contributed by atoms with Crippen molar-refractivity contribution >= 4 is 46.1 Å². The highest BCUT2D eigenvalue weighted by atomic mass is 32.2. The standard InChI is InChI=1S/C26H36N4O3S2/c1-7-9-10-19(8-2)15-30-25(32)22(35-26(30)34)11-20-18(5)21(12-27)24(31)28(6)23(20)29-13-16(3)33-17(4)14-29/h11,16-17,19H,7-10,13-15H2,1-6H3. The number of anilines is 1. The number of hydrogen-bond acceptors (Lipinski definition) is 7. The van der Waals surface area contributed by atoms with Crippen molar-refractivity contribution in [1.29, 1.82) is 5.26 Å². The van der Waals surface area contributed by atoms with Crippen LogP contribution in [0.2, 0.25) is 0 Å². The quantitative estimate of drug-likeness (QED) is 0.369. The molecule has 2 fully saturated rings. The second-order valence-electron chi connectivity index (χ2n) is 9.58. The van der Waals surface area contributed by atoms with E-state index in [1.807, 2.05) is 19.9 Å². The van der Waals surface area contributed by atoms with Gasteiger partial charge in [-0.05, 0) is 44.7 Å². The first kappa shape index (κ1) is 27.4. The Morgan fingerprint density at radius 3 is 2.49 bits per heavy atom. The summed E-state index contributed by atoms with van der Waals surface area (Å²) in [5.41, 5.74) is 1.05. The third kappa shape index (κ3) is 5.82. The van der Waals surface area contributed by atoms with Crippen LogP contribution in [0.4, 0.5) is 5.82 Å². The molecule has 0 radical (unpaired) electrons. The van der Waals surface area contributed by atoms with Crippen molar-refractivity contribution in [2.45, 2.75) is 72.5 Å². The van der Waals surface area contributed by atoms with Crippen molar-refractivity contribution in [2.24, 2.45) is 13.0 Å². The molecule has 190 valence electrons. The van der Waals surface area contributed by atoms with Crippen LogP contribution in [0.1, 0.15) is 70.1 Å². The lowest BCUT2D eigenvalue weighted by Gasteiger charge is -2.38. The molecule has 0 bridgehead atoms. The summed E-state index contributed by atoms with van der Waals surface area (Å²) in [4.78, 5) is 30.8. The molecule has 0 spiro atoms. The maximum absolute atomic E-state index is 13.4. The zero-order chi connectivity index (χ0) is 25.9. The fourth-order valence-electron chi connectivity index (χ4n) is 4.91.